The molecule has 1 aliphatic rings. The number of nitrogens with zero attached hydrogens (tertiary/aromatic N) is 2. The van der Waals surface area contributed by atoms with Gasteiger partial charge in [0.1, 0.15) is 5.75 Å². The molecular weight excluding hydrogens is 324 g/mol. The highest BCUT2D eigenvalue weighted by Crippen LogP contribution is 2.26. The van der Waals surface area contributed by atoms with E-state index < -0.39 is 0 Å². The predicted octanol–water partition coefficient (Wildman–Crippen LogP) is 4.54. The normalized spacial score (nSPS) is 15.8. The van der Waals surface area contributed by atoms with Crippen LogP contribution in [0, 0.1) is 0 Å². The van der Waals surface area contributed by atoms with Crippen LogP contribution in [0.5, 0.6) is 5.75 Å². The van der Waals surface area contributed by atoms with Gasteiger partial charge in [-0.2, -0.15) is 10.1 Å². The zero-order chi connectivity index (χ0) is 17.1. The fourth-order valence-corrected chi connectivity index (χ4v) is 2.56. The first-order chi connectivity index (χ1) is 11.6. The van der Waals surface area contributed by atoms with Gasteiger partial charge in [-0.3, -0.25) is 4.79 Å². The molecule has 24 heavy (non-hydrogen) atoms. The van der Waals surface area contributed by atoms with E-state index in [4.69, 9.17) is 16.3 Å². The lowest BCUT2D eigenvalue weighted by molar-refractivity contribution is -0.114. The number of carbonyl (C=O) groups excluding carboxylic acids is 1. The van der Waals surface area contributed by atoms with Crippen LogP contribution in [-0.4, -0.2) is 18.2 Å². The average molecular weight is 341 g/mol. The Hall–Kier alpha value is -2.59. The van der Waals surface area contributed by atoms with E-state index in [1.54, 1.807) is 24.3 Å². The molecule has 0 atom stereocenters. The van der Waals surface area contributed by atoms with Crippen LogP contribution in [0.15, 0.2) is 59.2 Å². The summed E-state index contributed by atoms with van der Waals surface area (Å²) in [5.41, 5.74) is 2.88. The van der Waals surface area contributed by atoms with Gasteiger partial charge in [0.05, 0.1) is 23.6 Å². The van der Waals surface area contributed by atoms with Crippen LogP contribution >= 0.6 is 11.6 Å². The fraction of sp³-hybridized carbons (Fsp3) is 0.158. The number of ether oxygens (including phenoxy) is 1. The summed E-state index contributed by atoms with van der Waals surface area (Å²) in [6, 6.07) is 14.6. The molecule has 0 saturated heterocycles. The first kappa shape index (κ1) is 16.3. The molecule has 0 aliphatic carbocycles. The minimum atomic E-state index is -0.149. The van der Waals surface area contributed by atoms with Gasteiger partial charge in [-0.1, -0.05) is 23.7 Å². The summed E-state index contributed by atoms with van der Waals surface area (Å²) in [4.78, 5) is 12.7. The van der Waals surface area contributed by atoms with Gasteiger partial charge >= 0.3 is 0 Å². The second-order valence-corrected chi connectivity index (χ2v) is 5.78. The Balaban J connectivity index is 1.85. The predicted molar refractivity (Wildman–Crippen MR) is 97.6 cm³/mol. The van der Waals surface area contributed by atoms with Crippen molar-refractivity contribution >= 4 is 35.0 Å². The Morgan fingerprint density at radius 2 is 1.79 bits per heavy atom. The molecule has 0 aromatic heterocycles. The first-order valence-electron chi connectivity index (χ1n) is 7.68. The molecule has 0 radical (unpaired) electrons. The molecule has 0 fully saturated rings. The van der Waals surface area contributed by atoms with E-state index in [0.29, 0.717) is 28.6 Å². The van der Waals surface area contributed by atoms with E-state index in [-0.39, 0.29) is 5.91 Å². The molecule has 0 saturated carbocycles. The smallest absolute Gasteiger partial charge is 0.280 e. The molecular formula is C19H17ClN2O2. The van der Waals surface area contributed by atoms with Crippen molar-refractivity contribution in [3.63, 3.8) is 0 Å². The van der Waals surface area contributed by atoms with E-state index in [0.717, 1.165) is 11.3 Å². The highest BCUT2D eigenvalue weighted by atomic mass is 35.5. The maximum absolute atomic E-state index is 12.7. The van der Waals surface area contributed by atoms with Crippen LogP contribution in [0.4, 0.5) is 5.69 Å². The summed E-state index contributed by atoms with van der Waals surface area (Å²) in [5.74, 6) is 0.661. The van der Waals surface area contributed by atoms with E-state index in [1.807, 2.05) is 44.2 Å². The molecule has 1 amide bonds. The van der Waals surface area contributed by atoms with Gasteiger partial charge in [0.25, 0.3) is 5.91 Å². The molecule has 5 heteroatoms. The van der Waals surface area contributed by atoms with Crippen molar-refractivity contribution in [3.8, 4) is 5.75 Å². The molecule has 0 N–H and O–H groups in total. The second kappa shape index (κ2) is 6.89. The van der Waals surface area contributed by atoms with Gasteiger partial charge in [-0.25, -0.2) is 0 Å². The summed E-state index contributed by atoms with van der Waals surface area (Å²) in [7, 11) is 0. The summed E-state index contributed by atoms with van der Waals surface area (Å²) in [5, 5.41) is 6.37. The summed E-state index contributed by atoms with van der Waals surface area (Å²) in [6.45, 7) is 4.40. The molecule has 0 bridgehead atoms. The van der Waals surface area contributed by atoms with E-state index >= 15 is 0 Å². The number of amides is 1. The van der Waals surface area contributed by atoms with Gasteiger partial charge in [0, 0.05) is 5.02 Å². The minimum Gasteiger partial charge on any atom is -0.494 e. The number of carbonyl (C=O) groups is 1. The number of hydrogen-bond donors (Lipinski definition) is 0. The second-order valence-electron chi connectivity index (χ2n) is 5.34. The highest BCUT2D eigenvalue weighted by Gasteiger charge is 2.28. The Morgan fingerprint density at radius 1 is 1.12 bits per heavy atom. The summed E-state index contributed by atoms with van der Waals surface area (Å²) in [6.07, 6.45) is 1.84. The number of halogens is 1. The first-order valence-corrected chi connectivity index (χ1v) is 8.06. The monoisotopic (exact) mass is 340 g/mol. The fourth-order valence-electron chi connectivity index (χ4n) is 2.44. The van der Waals surface area contributed by atoms with Gasteiger partial charge in [-0.15, -0.1) is 0 Å². The molecule has 3 rings (SSSR count). The van der Waals surface area contributed by atoms with E-state index in [9.17, 15) is 4.79 Å². The molecule has 4 nitrogen and oxygen atoms in total. The number of benzene rings is 2. The van der Waals surface area contributed by atoms with Crippen LogP contribution in [-0.2, 0) is 4.79 Å². The standard InChI is InChI=1S/C19H17ClN2O2/c1-3-24-17-10-4-14(5-11-17)12-18-13(2)21-22(19(18)23)16-8-6-15(20)7-9-16/h4-12H,3H2,1-2H3/b18-12+. The molecule has 0 spiro atoms. The van der Waals surface area contributed by atoms with Crippen molar-refractivity contribution < 1.29 is 9.53 Å². The Kier molecular flexibility index (Phi) is 4.67. The quantitative estimate of drug-likeness (QED) is 0.766. The van der Waals surface area contributed by atoms with Crippen molar-refractivity contribution in [2.24, 2.45) is 5.10 Å². The number of hydrogen-bond acceptors (Lipinski definition) is 3. The summed E-state index contributed by atoms with van der Waals surface area (Å²) < 4.78 is 5.43. The molecule has 2 aromatic rings. The van der Waals surface area contributed by atoms with Crippen LogP contribution in [0.2, 0.25) is 5.02 Å². The Labute approximate surface area is 146 Å². The molecule has 0 unspecified atom stereocenters. The molecule has 122 valence electrons. The third kappa shape index (κ3) is 3.34. The van der Waals surface area contributed by atoms with Gasteiger partial charge in [0.15, 0.2) is 0 Å². The topological polar surface area (TPSA) is 41.9 Å². The molecule has 1 heterocycles. The van der Waals surface area contributed by atoms with Gasteiger partial charge < -0.3 is 4.74 Å². The van der Waals surface area contributed by atoms with Crippen molar-refractivity contribution in [2.75, 3.05) is 11.6 Å². The SMILES string of the molecule is CCOc1ccc(/C=C2/C(=O)N(c3ccc(Cl)cc3)N=C2C)cc1. The van der Waals surface area contributed by atoms with Crippen molar-refractivity contribution in [2.45, 2.75) is 13.8 Å². The van der Waals surface area contributed by atoms with Crippen LogP contribution in [0.3, 0.4) is 0 Å². The Morgan fingerprint density at radius 3 is 2.42 bits per heavy atom. The zero-order valence-corrected chi connectivity index (χ0v) is 14.2. The summed E-state index contributed by atoms with van der Waals surface area (Å²) >= 11 is 5.89. The number of hydrazone groups is 1. The number of anilines is 1. The lowest BCUT2D eigenvalue weighted by atomic mass is 10.1. The zero-order valence-electron chi connectivity index (χ0n) is 13.5. The lowest BCUT2D eigenvalue weighted by Crippen LogP contribution is -2.21. The maximum Gasteiger partial charge on any atom is 0.280 e. The van der Waals surface area contributed by atoms with Crippen LogP contribution in [0.25, 0.3) is 6.08 Å². The van der Waals surface area contributed by atoms with E-state index in [2.05, 4.69) is 5.10 Å². The van der Waals surface area contributed by atoms with Crippen molar-refractivity contribution in [1.29, 1.82) is 0 Å². The third-order valence-electron chi connectivity index (χ3n) is 3.64. The average Bonchev–Trinajstić information content (AvgIpc) is 2.86. The Bertz CT molecular complexity index is 808. The third-order valence-corrected chi connectivity index (χ3v) is 3.89. The van der Waals surface area contributed by atoms with Gasteiger partial charge in [-0.05, 0) is 61.9 Å². The highest BCUT2D eigenvalue weighted by molar-refractivity contribution is 6.32. The van der Waals surface area contributed by atoms with Crippen LogP contribution < -0.4 is 9.75 Å². The van der Waals surface area contributed by atoms with E-state index in [1.165, 1.54) is 5.01 Å². The minimum absolute atomic E-state index is 0.149. The van der Waals surface area contributed by atoms with Gasteiger partial charge in [0.2, 0.25) is 0 Å². The number of rotatable bonds is 4. The molecule has 2 aromatic carbocycles. The van der Waals surface area contributed by atoms with Crippen molar-refractivity contribution in [1.82, 2.24) is 0 Å². The maximum atomic E-state index is 12.7. The largest absolute Gasteiger partial charge is 0.494 e. The van der Waals surface area contributed by atoms with Crippen LogP contribution in [0.1, 0.15) is 19.4 Å². The van der Waals surface area contributed by atoms with Crippen molar-refractivity contribution in [3.05, 3.63) is 64.7 Å². The lowest BCUT2D eigenvalue weighted by Gasteiger charge is -2.11. The molecule has 1 aliphatic heterocycles.